The zero-order valence-electron chi connectivity index (χ0n) is 14.6. The van der Waals surface area contributed by atoms with E-state index >= 15 is 0 Å². The van der Waals surface area contributed by atoms with Crippen molar-refractivity contribution in [1.29, 1.82) is 0 Å². The zero-order valence-corrected chi connectivity index (χ0v) is 16.3. The van der Waals surface area contributed by atoms with Gasteiger partial charge in [-0.25, -0.2) is 0 Å². The normalized spacial score (nSPS) is 11.8. The topological polar surface area (TPSA) is 58.1 Å². The highest BCUT2D eigenvalue weighted by atomic mass is 32.2. The molecule has 2 aromatic carbocycles. The van der Waals surface area contributed by atoms with Crippen LogP contribution in [0.25, 0.3) is 0 Å². The van der Waals surface area contributed by atoms with E-state index in [1.165, 1.54) is 23.1 Å². The first-order chi connectivity index (χ1) is 12.7. The van der Waals surface area contributed by atoms with Gasteiger partial charge < -0.3 is 10.2 Å². The van der Waals surface area contributed by atoms with Crippen molar-refractivity contribution in [3.8, 4) is 0 Å². The van der Waals surface area contributed by atoms with E-state index in [2.05, 4.69) is 15.5 Å². The Balaban J connectivity index is 1.64. The van der Waals surface area contributed by atoms with Crippen molar-refractivity contribution in [1.82, 2.24) is 10.2 Å². The summed E-state index contributed by atoms with van der Waals surface area (Å²) in [6.07, 6.45) is 0. The molecular formula is C19H20N4OS2. The van der Waals surface area contributed by atoms with Gasteiger partial charge in [0.25, 0.3) is 0 Å². The molecule has 0 unspecified atom stereocenters. The lowest BCUT2D eigenvalue weighted by atomic mass is 10.2. The van der Waals surface area contributed by atoms with Crippen molar-refractivity contribution in [3.63, 3.8) is 0 Å². The van der Waals surface area contributed by atoms with E-state index in [9.17, 15) is 4.79 Å². The van der Waals surface area contributed by atoms with Crippen LogP contribution in [-0.4, -0.2) is 27.9 Å². The lowest BCUT2D eigenvalue weighted by molar-refractivity contribution is -0.117. The van der Waals surface area contributed by atoms with Gasteiger partial charge in [-0.1, -0.05) is 59.5 Å². The van der Waals surface area contributed by atoms with Gasteiger partial charge in [0, 0.05) is 17.9 Å². The molecule has 1 atom stereocenters. The fraction of sp³-hybridized carbons (Fsp3) is 0.211. The molecule has 0 aliphatic carbocycles. The minimum Gasteiger partial charge on any atom is -0.330 e. The predicted molar refractivity (Wildman–Crippen MR) is 109 cm³/mol. The molecule has 3 rings (SSSR count). The van der Waals surface area contributed by atoms with Crippen LogP contribution in [0.5, 0.6) is 0 Å². The quantitative estimate of drug-likeness (QED) is 0.592. The highest BCUT2D eigenvalue weighted by molar-refractivity contribution is 8.02. The smallest absolute Gasteiger partial charge is 0.240 e. The number of carbonyl (C=O) groups excluding carboxylic acids is 1. The summed E-state index contributed by atoms with van der Waals surface area (Å²) in [7, 11) is 0. The minimum atomic E-state index is -0.243. The number of aromatic nitrogens is 2. The summed E-state index contributed by atoms with van der Waals surface area (Å²) in [5.41, 5.74) is 1.88. The number of benzene rings is 2. The average Bonchev–Trinajstić information content (AvgIpc) is 3.10. The highest BCUT2D eigenvalue weighted by Gasteiger charge is 2.23. The molecule has 0 fully saturated rings. The third kappa shape index (κ3) is 4.62. The maximum Gasteiger partial charge on any atom is 0.240 e. The third-order valence-electron chi connectivity index (χ3n) is 3.71. The van der Waals surface area contributed by atoms with Gasteiger partial charge >= 0.3 is 0 Å². The highest BCUT2D eigenvalue weighted by Crippen LogP contribution is 2.31. The maximum atomic E-state index is 12.8. The number of carbonyl (C=O) groups is 1. The number of hydrogen-bond acceptors (Lipinski definition) is 6. The molecule has 0 bridgehead atoms. The Morgan fingerprint density at radius 2 is 1.77 bits per heavy atom. The second-order valence-corrected chi connectivity index (χ2v) is 8.11. The Morgan fingerprint density at radius 1 is 1.12 bits per heavy atom. The van der Waals surface area contributed by atoms with Crippen molar-refractivity contribution >= 4 is 45.5 Å². The third-order valence-corrected chi connectivity index (χ3v) is 5.72. The molecular weight excluding hydrogens is 364 g/mol. The molecule has 0 aliphatic rings. The SMILES string of the molecule is CCN(C(=O)[C@@H](C)Sc1nnc(Nc2ccccc2)s1)c1ccccc1. The van der Waals surface area contributed by atoms with Gasteiger partial charge in [-0.2, -0.15) is 0 Å². The molecule has 26 heavy (non-hydrogen) atoms. The van der Waals surface area contributed by atoms with Crippen molar-refractivity contribution in [2.45, 2.75) is 23.4 Å². The van der Waals surface area contributed by atoms with Gasteiger partial charge in [0.15, 0.2) is 4.34 Å². The molecule has 1 aromatic heterocycles. The monoisotopic (exact) mass is 384 g/mol. The second-order valence-electron chi connectivity index (χ2n) is 5.54. The van der Waals surface area contributed by atoms with Crippen LogP contribution in [0.3, 0.4) is 0 Å². The molecule has 7 heteroatoms. The van der Waals surface area contributed by atoms with Crippen LogP contribution >= 0.6 is 23.1 Å². The Hall–Kier alpha value is -2.38. The van der Waals surface area contributed by atoms with E-state index in [0.717, 1.165) is 15.7 Å². The number of anilines is 3. The van der Waals surface area contributed by atoms with Crippen molar-refractivity contribution < 1.29 is 4.79 Å². The predicted octanol–water partition coefficient (Wildman–Crippen LogP) is 4.82. The standard InChI is InChI=1S/C19H20N4OS2/c1-3-23(16-12-8-5-9-13-16)17(24)14(2)25-19-22-21-18(26-19)20-15-10-6-4-7-11-15/h4-14H,3H2,1-2H3,(H,20,21)/t14-/m1/s1. The summed E-state index contributed by atoms with van der Waals surface area (Å²) >= 11 is 2.88. The second kappa shape index (κ2) is 8.82. The Bertz CT molecular complexity index is 839. The van der Waals surface area contributed by atoms with Crippen LogP contribution in [0, 0.1) is 0 Å². The maximum absolute atomic E-state index is 12.8. The van der Waals surface area contributed by atoms with Crippen molar-refractivity contribution in [3.05, 3.63) is 60.7 Å². The number of nitrogens with one attached hydrogen (secondary N) is 1. The van der Waals surface area contributed by atoms with Gasteiger partial charge in [-0.3, -0.25) is 4.79 Å². The summed E-state index contributed by atoms with van der Waals surface area (Å²) < 4.78 is 0.772. The summed E-state index contributed by atoms with van der Waals surface area (Å²) in [4.78, 5) is 14.6. The fourth-order valence-corrected chi connectivity index (χ4v) is 4.43. The molecule has 1 heterocycles. The van der Waals surface area contributed by atoms with Gasteiger partial charge in [0.05, 0.1) is 5.25 Å². The van der Waals surface area contributed by atoms with E-state index in [4.69, 9.17) is 0 Å². The lowest BCUT2D eigenvalue weighted by Gasteiger charge is -2.23. The Morgan fingerprint density at radius 3 is 2.42 bits per heavy atom. The zero-order chi connectivity index (χ0) is 18.4. The minimum absolute atomic E-state index is 0.0662. The Labute approximate surface area is 161 Å². The summed E-state index contributed by atoms with van der Waals surface area (Å²) in [6.45, 7) is 4.52. The molecule has 0 saturated heterocycles. The van der Waals surface area contributed by atoms with Gasteiger partial charge in [-0.15, -0.1) is 10.2 Å². The molecule has 0 saturated carbocycles. The van der Waals surface area contributed by atoms with Crippen LogP contribution in [0.4, 0.5) is 16.5 Å². The van der Waals surface area contributed by atoms with Crippen LogP contribution < -0.4 is 10.2 Å². The van der Waals surface area contributed by atoms with E-state index in [1.807, 2.05) is 74.5 Å². The number of hydrogen-bond donors (Lipinski definition) is 1. The Kier molecular flexibility index (Phi) is 6.25. The van der Waals surface area contributed by atoms with E-state index in [-0.39, 0.29) is 11.2 Å². The van der Waals surface area contributed by atoms with Gasteiger partial charge in [-0.05, 0) is 38.1 Å². The van der Waals surface area contributed by atoms with Gasteiger partial charge in [0.2, 0.25) is 11.0 Å². The van der Waals surface area contributed by atoms with Crippen molar-refractivity contribution in [2.24, 2.45) is 0 Å². The molecule has 1 amide bonds. The van der Waals surface area contributed by atoms with E-state index < -0.39 is 0 Å². The first kappa shape index (κ1) is 18.4. The number of para-hydroxylation sites is 2. The number of thioether (sulfide) groups is 1. The number of rotatable bonds is 7. The first-order valence-electron chi connectivity index (χ1n) is 8.36. The van der Waals surface area contributed by atoms with E-state index in [0.29, 0.717) is 11.7 Å². The van der Waals surface area contributed by atoms with E-state index in [1.54, 1.807) is 4.90 Å². The summed E-state index contributed by atoms with van der Waals surface area (Å²) in [6, 6.07) is 19.6. The molecule has 5 nitrogen and oxygen atoms in total. The molecule has 1 N–H and O–H groups in total. The average molecular weight is 385 g/mol. The van der Waals surface area contributed by atoms with Crippen LogP contribution in [0.1, 0.15) is 13.8 Å². The van der Waals surface area contributed by atoms with Gasteiger partial charge in [0.1, 0.15) is 0 Å². The first-order valence-corrected chi connectivity index (χ1v) is 10.1. The lowest BCUT2D eigenvalue weighted by Crippen LogP contribution is -2.36. The largest absolute Gasteiger partial charge is 0.330 e. The molecule has 3 aromatic rings. The molecule has 0 radical (unpaired) electrons. The summed E-state index contributed by atoms with van der Waals surface area (Å²) in [5.74, 6) is 0.0662. The molecule has 134 valence electrons. The molecule has 0 spiro atoms. The molecule has 0 aliphatic heterocycles. The van der Waals surface area contributed by atoms with Crippen LogP contribution in [0.15, 0.2) is 65.0 Å². The van der Waals surface area contributed by atoms with Crippen molar-refractivity contribution in [2.75, 3.05) is 16.8 Å². The fourth-order valence-electron chi connectivity index (χ4n) is 2.45. The number of amides is 1. The van der Waals surface area contributed by atoms with Crippen LogP contribution in [-0.2, 0) is 4.79 Å². The summed E-state index contributed by atoms with van der Waals surface area (Å²) in [5, 5.41) is 12.0. The van der Waals surface area contributed by atoms with Crippen LogP contribution in [0.2, 0.25) is 0 Å². The number of nitrogens with zero attached hydrogens (tertiary/aromatic N) is 3.